The van der Waals surface area contributed by atoms with Gasteiger partial charge in [0.05, 0.1) is 11.4 Å². The molecule has 0 aromatic rings. The number of sulfonamides is 1. The highest BCUT2D eigenvalue weighted by Crippen LogP contribution is 2.64. The minimum atomic E-state index is -3.69. The maximum Gasteiger partial charge on any atom is 0.211 e. The maximum atomic E-state index is 13.5. The molecular weight excluding hydrogens is 637 g/mol. The first-order valence-electron chi connectivity index (χ1n) is 18.7. The molecule has 8 saturated heterocycles. The van der Waals surface area contributed by atoms with Crippen LogP contribution in [0.15, 0.2) is 0 Å². The van der Waals surface area contributed by atoms with Gasteiger partial charge in [-0.1, -0.05) is 27.7 Å². The zero-order valence-electron chi connectivity index (χ0n) is 29.8. The quantitative estimate of drug-likeness (QED) is 0.286. The van der Waals surface area contributed by atoms with Gasteiger partial charge in [-0.3, -0.25) is 0 Å². The van der Waals surface area contributed by atoms with Crippen molar-refractivity contribution >= 4 is 17.9 Å². The first-order valence-corrected chi connectivity index (χ1v) is 20.3. The van der Waals surface area contributed by atoms with Crippen LogP contribution in [0.3, 0.4) is 0 Å². The normalized spacial score (nSPS) is 57.3. The van der Waals surface area contributed by atoms with Crippen molar-refractivity contribution in [3.8, 4) is 0 Å². The molecule has 48 heavy (non-hydrogen) atoms. The Balaban J connectivity index is 0.939. The minimum Gasteiger partial charge on any atom is -0.353 e. The molecule has 0 aromatic heterocycles. The highest BCUT2D eigenvalue weighted by Gasteiger charge is 2.72. The summed E-state index contributed by atoms with van der Waals surface area (Å²) in [6.45, 7) is 15.0. The van der Waals surface area contributed by atoms with Gasteiger partial charge in [0.25, 0.3) is 0 Å². The molecule has 8 heterocycles. The fraction of sp³-hybridized carbons (Fsp3) is 1.00. The van der Waals surface area contributed by atoms with Gasteiger partial charge >= 0.3 is 0 Å². The Bertz CT molecular complexity index is 1390. The molecule has 2 spiro atoms. The number of ether oxygens (including phenoxy) is 4. The van der Waals surface area contributed by atoms with Crippen molar-refractivity contribution in [3.63, 3.8) is 0 Å². The van der Waals surface area contributed by atoms with Crippen molar-refractivity contribution in [2.45, 2.75) is 159 Å². The molecule has 0 aromatic carbocycles. The fourth-order valence-corrected chi connectivity index (χ4v) is 12.7. The number of hydrogen-bond donors (Lipinski definition) is 1. The van der Waals surface area contributed by atoms with Gasteiger partial charge in [0.1, 0.15) is 7.85 Å². The van der Waals surface area contributed by atoms with E-state index in [1.165, 1.54) is 0 Å². The van der Waals surface area contributed by atoms with Crippen LogP contribution in [0, 0.1) is 47.3 Å². The molecule has 10 rings (SSSR count). The second-order valence-electron chi connectivity index (χ2n) is 17.6. The van der Waals surface area contributed by atoms with Crippen molar-refractivity contribution < 1.29 is 46.9 Å². The molecule has 2 saturated carbocycles. The van der Waals surface area contributed by atoms with Gasteiger partial charge in [0.15, 0.2) is 23.8 Å². The van der Waals surface area contributed by atoms with Crippen LogP contribution in [0.2, 0.25) is 0 Å². The standard InChI is InChI=1S/C35H56BNO10S/c1-20-8-10-26-22(3)30(5,40-28-34(26)24(20)12-14-31(6,41-28)44-46-34)16-18-37-48(38,39)19-17-33(36)23(4)27-11-9-21(2)25-13-15-32(7)42-29(43-33)35(25,27)47-45-32/h20-29,37H,8-19H2,1-7H3/t20-,21-,22-,23-,24+,25+,26+,27+,28-,29+,30-,31-,32+,33-,34-,35-/m1/s1. The molecule has 270 valence electrons. The first-order chi connectivity index (χ1) is 22.5. The summed E-state index contributed by atoms with van der Waals surface area (Å²) in [6, 6.07) is 0. The zero-order valence-corrected chi connectivity index (χ0v) is 30.6. The maximum absolute atomic E-state index is 13.5. The van der Waals surface area contributed by atoms with E-state index >= 15 is 0 Å². The van der Waals surface area contributed by atoms with E-state index in [2.05, 4.69) is 39.3 Å². The molecule has 16 atom stereocenters. The average Bonchev–Trinajstić information content (AvgIpc) is 3.39. The summed E-state index contributed by atoms with van der Waals surface area (Å²) in [7, 11) is 3.33. The predicted molar refractivity (Wildman–Crippen MR) is 174 cm³/mol. The Morgan fingerprint density at radius 2 is 1.17 bits per heavy atom. The molecule has 1 N–H and O–H groups in total. The lowest BCUT2D eigenvalue weighted by atomic mass is 9.52. The van der Waals surface area contributed by atoms with E-state index in [1.54, 1.807) is 0 Å². The van der Waals surface area contributed by atoms with Crippen LogP contribution in [0.25, 0.3) is 0 Å². The summed E-state index contributed by atoms with van der Waals surface area (Å²) in [6.07, 6.45) is 6.73. The van der Waals surface area contributed by atoms with E-state index < -0.39 is 56.5 Å². The van der Waals surface area contributed by atoms with Gasteiger partial charge in [-0.05, 0) is 108 Å². The lowest BCUT2D eigenvalue weighted by molar-refractivity contribution is -0.576. The lowest BCUT2D eigenvalue weighted by Gasteiger charge is -2.63. The summed E-state index contributed by atoms with van der Waals surface area (Å²) in [5, 5.41) is 0. The SMILES string of the molecule is [B][C@]1(CCS(=O)(=O)NCC[C@@]2(C)O[C@@H]3O[C@@]4(C)CC[C@H]5[C@H](C)CC[C@@H]([C@H]2C)[C@@]35OO4)O[C@@H]2O[C@]3(C)CC[C@H]4[C@H](C)CC[C@@H]([C@H]1C)[C@@]24OO3. The summed E-state index contributed by atoms with van der Waals surface area (Å²) >= 11 is 0. The molecule has 0 unspecified atom stereocenters. The van der Waals surface area contributed by atoms with Gasteiger partial charge < -0.3 is 18.9 Å². The second kappa shape index (κ2) is 11.3. The van der Waals surface area contributed by atoms with Crippen LogP contribution >= 0.6 is 0 Å². The smallest absolute Gasteiger partial charge is 0.211 e. The third kappa shape index (κ3) is 5.02. The van der Waals surface area contributed by atoms with E-state index in [9.17, 15) is 8.42 Å². The van der Waals surface area contributed by atoms with Crippen molar-refractivity contribution in [1.82, 2.24) is 4.72 Å². The molecule has 0 amide bonds. The molecule has 11 nitrogen and oxygen atoms in total. The number of nitrogens with one attached hydrogen (secondary N) is 1. The van der Waals surface area contributed by atoms with E-state index in [-0.39, 0.29) is 54.2 Å². The molecule has 8 aliphatic heterocycles. The van der Waals surface area contributed by atoms with Gasteiger partial charge in [-0.15, -0.1) is 0 Å². The van der Waals surface area contributed by atoms with Gasteiger partial charge in [-0.2, -0.15) is 0 Å². The lowest BCUT2D eigenvalue weighted by Crippen LogP contribution is -2.73. The third-order valence-corrected chi connectivity index (χ3v) is 16.3. The first kappa shape index (κ1) is 34.7. The molecule has 13 heteroatoms. The minimum absolute atomic E-state index is 0.0226. The fourth-order valence-electron chi connectivity index (χ4n) is 11.6. The van der Waals surface area contributed by atoms with Crippen LogP contribution < -0.4 is 4.72 Å². The Kier molecular flexibility index (Phi) is 8.19. The van der Waals surface area contributed by atoms with Crippen LogP contribution in [0.4, 0.5) is 0 Å². The van der Waals surface area contributed by atoms with Crippen molar-refractivity contribution in [2.24, 2.45) is 47.3 Å². The highest BCUT2D eigenvalue weighted by atomic mass is 32.2. The van der Waals surface area contributed by atoms with E-state index in [0.29, 0.717) is 24.7 Å². The van der Waals surface area contributed by atoms with Crippen LogP contribution in [-0.2, 0) is 48.5 Å². The molecule has 2 aliphatic carbocycles. The van der Waals surface area contributed by atoms with E-state index in [4.69, 9.17) is 46.3 Å². The molecule has 10 aliphatic rings. The van der Waals surface area contributed by atoms with Crippen molar-refractivity contribution in [1.29, 1.82) is 0 Å². The van der Waals surface area contributed by atoms with Gasteiger partial charge in [0, 0.05) is 36.7 Å². The molecule has 4 bridgehead atoms. The number of hydrogen-bond acceptors (Lipinski definition) is 10. The monoisotopic (exact) mass is 693 g/mol. The summed E-state index contributed by atoms with van der Waals surface area (Å²) in [4.78, 5) is 24.4. The molecule has 2 radical (unpaired) electrons. The van der Waals surface area contributed by atoms with Crippen LogP contribution in [-0.4, -0.2) is 75.0 Å². The van der Waals surface area contributed by atoms with E-state index in [0.717, 1.165) is 44.9 Å². The zero-order chi connectivity index (χ0) is 34.1. The van der Waals surface area contributed by atoms with Crippen molar-refractivity contribution in [2.75, 3.05) is 12.3 Å². The van der Waals surface area contributed by atoms with Crippen LogP contribution in [0.5, 0.6) is 0 Å². The Morgan fingerprint density at radius 3 is 1.73 bits per heavy atom. The third-order valence-electron chi connectivity index (χ3n) is 14.9. The topological polar surface area (TPSA) is 120 Å². The van der Waals surface area contributed by atoms with Crippen LogP contribution in [0.1, 0.15) is 113 Å². The molecule has 10 fully saturated rings. The average molecular weight is 694 g/mol. The Labute approximate surface area is 287 Å². The molecular formula is C35H56BNO10S. The summed E-state index contributed by atoms with van der Waals surface area (Å²) in [5.41, 5.74) is -3.22. The summed E-state index contributed by atoms with van der Waals surface area (Å²) in [5.74, 6) is -0.403. The Morgan fingerprint density at radius 1 is 0.646 bits per heavy atom. The number of fused-ring (bicyclic) bond motifs is 4. The van der Waals surface area contributed by atoms with Gasteiger partial charge in [-0.25, -0.2) is 32.7 Å². The Hall–Kier alpha value is -0.345. The van der Waals surface area contributed by atoms with Crippen molar-refractivity contribution in [3.05, 3.63) is 0 Å². The second-order valence-corrected chi connectivity index (χ2v) is 19.5. The summed E-state index contributed by atoms with van der Waals surface area (Å²) < 4.78 is 56.4. The number of rotatable bonds is 7. The highest BCUT2D eigenvalue weighted by molar-refractivity contribution is 7.89. The largest absolute Gasteiger partial charge is 0.353 e. The van der Waals surface area contributed by atoms with E-state index in [1.807, 2.05) is 13.8 Å². The van der Waals surface area contributed by atoms with Gasteiger partial charge in [0.2, 0.25) is 21.6 Å². The predicted octanol–water partition coefficient (Wildman–Crippen LogP) is 5.07.